The molecule has 30 heavy (non-hydrogen) atoms. The molecule has 3 aromatic carbocycles. The number of rotatable bonds is 4. The highest BCUT2D eigenvalue weighted by molar-refractivity contribution is 7.89. The molecule has 0 spiro atoms. The van der Waals surface area contributed by atoms with Gasteiger partial charge in [-0.05, 0) is 46.5 Å². The third-order valence-electron chi connectivity index (χ3n) is 5.24. The summed E-state index contributed by atoms with van der Waals surface area (Å²) in [6, 6.07) is 17.0. The molecule has 0 aliphatic carbocycles. The summed E-state index contributed by atoms with van der Waals surface area (Å²) in [6.45, 7) is -0.219. The number of phenols is 2. The van der Waals surface area contributed by atoms with Crippen LogP contribution in [-0.2, 0) is 27.8 Å². The summed E-state index contributed by atoms with van der Waals surface area (Å²) in [4.78, 5) is 11.8. The van der Waals surface area contributed by atoms with Crippen LogP contribution in [0.4, 0.5) is 0 Å². The lowest BCUT2D eigenvalue weighted by atomic mass is 9.95. The number of carboxylic acids is 1. The van der Waals surface area contributed by atoms with Crippen molar-refractivity contribution in [3.05, 3.63) is 77.9 Å². The van der Waals surface area contributed by atoms with Crippen LogP contribution in [0.5, 0.6) is 11.5 Å². The zero-order valence-electron chi connectivity index (χ0n) is 15.8. The van der Waals surface area contributed by atoms with Crippen molar-refractivity contribution in [3.8, 4) is 22.6 Å². The second-order valence-corrected chi connectivity index (χ2v) is 9.00. The summed E-state index contributed by atoms with van der Waals surface area (Å²) in [6.07, 6.45) is -0.111. The van der Waals surface area contributed by atoms with E-state index in [0.29, 0.717) is 11.1 Å². The van der Waals surface area contributed by atoms with Gasteiger partial charge in [-0.15, -0.1) is 0 Å². The molecule has 3 N–H and O–H groups in total. The maximum atomic E-state index is 13.3. The molecule has 4 rings (SSSR count). The van der Waals surface area contributed by atoms with Gasteiger partial charge >= 0.3 is 5.97 Å². The van der Waals surface area contributed by atoms with Gasteiger partial charge in [0, 0.05) is 13.0 Å². The van der Waals surface area contributed by atoms with E-state index in [9.17, 15) is 28.5 Å². The number of carbonyl (C=O) groups is 1. The van der Waals surface area contributed by atoms with Crippen molar-refractivity contribution in [2.75, 3.05) is 0 Å². The fourth-order valence-electron chi connectivity index (χ4n) is 3.64. The quantitative estimate of drug-likeness (QED) is 0.554. The van der Waals surface area contributed by atoms with E-state index in [0.717, 1.165) is 15.4 Å². The molecule has 0 saturated carbocycles. The topological polar surface area (TPSA) is 115 Å². The van der Waals surface area contributed by atoms with Crippen molar-refractivity contribution >= 4 is 16.0 Å². The van der Waals surface area contributed by atoms with E-state index in [-0.39, 0.29) is 29.4 Å². The molecule has 1 heterocycles. The van der Waals surface area contributed by atoms with E-state index in [1.807, 2.05) is 30.3 Å². The van der Waals surface area contributed by atoms with Crippen molar-refractivity contribution in [2.24, 2.45) is 0 Å². The van der Waals surface area contributed by atoms with Crippen molar-refractivity contribution in [1.29, 1.82) is 0 Å². The van der Waals surface area contributed by atoms with Crippen molar-refractivity contribution in [1.82, 2.24) is 4.31 Å². The van der Waals surface area contributed by atoms with Crippen molar-refractivity contribution in [3.63, 3.8) is 0 Å². The zero-order chi connectivity index (χ0) is 21.5. The first-order chi connectivity index (χ1) is 14.3. The van der Waals surface area contributed by atoms with E-state index in [2.05, 4.69) is 0 Å². The average Bonchev–Trinajstić information content (AvgIpc) is 2.74. The zero-order valence-corrected chi connectivity index (χ0v) is 16.6. The van der Waals surface area contributed by atoms with E-state index in [1.54, 1.807) is 12.1 Å². The lowest BCUT2D eigenvalue weighted by Gasteiger charge is -2.33. The van der Waals surface area contributed by atoms with Crippen molar-refractivity contribution in [2.45, 2.75) is 23.9 Å². The van der Waals surface area contributed by atoms with Gasteiger partial charge < -0.3 is 15.3 Å². The summed E-state index contributed by atoms with van der Waals surface area (Å²) >= 11 is 0. The lowest BCUT2D eigenvalue weighted by molar-refractivity contribution is -0.141. The monoisotopic (exact) mass is 425 g/mol. The molecule has 0 aromatic heterocycles. The predicted molar refractivity (Wildman–Crippen MR) is 110 cm³/mol. The number of hydrogen-bond donors (Lipinski definition) is 3. The minimum Gasteiger partial charge on any atom is -0.504 e. The number of phenolic OH excluding ortho intramolecular Hbond substituents is 2. The number of benzene rings is 3. The largest absolute Gasteiger partial charge is 0.504 e. The normalized spacial score (nSPS) is 16.7. The molecule has 154 valence electrons. The summed E-state index contributed by atoms with van der Waals surface area (Å²) in [5, 5.41) is 29.1. The smallest absolute Gasteiger partial charge is 0.322 e. The molecule has 0 amide bonds. The molecular formula is C22H19NO6S. The van der Waals surface area contributed by atoms with Gasteiger partial charge in [-0.1, -0.05) is 42.5 Å². The van der Waals surface area contributed by atoms with Crippen LogP contribution in [0.3, 0.4) is 0 Å². The third-order valence-corrected chi connectivity index (χ3v) is 7.11. The Morgan fingerprint density at radius 1 is 0.867 bits per heavy atom. The Balaban J connectivity index is 1.71. The number of aromatic hydroxyl groups is 2. The van der Waals surface area contributed by atoms with Crippen LogP contribution in [0, 0.1) is 0 Å². The fourth-order valence-corrected chi connectivity index (χ4v) is 5.20. The highest BCUT2D eigenvalue weighted by Gasteiger charge is 2.40. The summed E-state index contributed by atoms with van der Waals surface area (Å²) in [5.41, 5.74) is 2.72. The minimum atomic E-state index is -4.11. The Hall–Kier alpha value is -3.36. The fraction of sp³-hybridized carbons (Fsp3) is 0.136. The van der Waals surface area contributed by atoms with Crippen LogP contribution in [-0.4, -0.2) is 40.1 Å². The molecule has 1 atom stereocenters. The first-order valence-electron chi connectivity index (χ1n) is 9.21. The van der Waals surface area contributed by atoms with E-state index >= 15 is 0 Å². The van der Waals surface area contributed by atoms with Crippen LogP contribution in [0.1, 0.15) is 11.1 Å². The predicted octanol–water partition coefficient (Wildman–Crippen LogP) is 2.97. The Bertz CT molecular complexity index is 1210. The Morgan fingerprint density at radius 2 is 1.43 bits per heavy atom. The first-order valence-corrected chi connectivity index (χ1v) is 10.7. The van der Waals surface area contributed by atoms with Gasteiger partial charge in [-0.2, -0.15) is 4.31 Å². The second kappa shape index (κ2) is 7.47. The number of fused-ring (bicyclic) bond motifs is 1. The Labute approximate surface area is 173 Å². The maximum Gasteiger partial charge on any atom is 0.322 e. The van der Waals surface area contributed by atoms with Gasteiger partial charge in [0.25, 0.3) is 0 Å². The van der Waals surface area contributed by atoms with Crippen LogP contribution in [0.25, 0.3) is 11.1 Å². The summed E-state index contributed by atoms with van der Waals surface area (Å²) in [7, 11) is -4.11. The number of nitrogens with zero attached hydrogens (tertiary/aromatic N) is 1. The van der Waals surface area contributed by atoms with Gasteiger partial charge in [0.1, 0.15) is 6.04 Å². The molecular weight excluding hydrogens is 406 g/mol. The first kappa shape index (κ1) is 19.9. The second-order valence-electron chi connectivity index (χ2n) is 7.11. The van der Waals surface area contributed by atoms with E-state index < -0.39 is 22.0 Å². The molecule has 0 fully saturated rings. The number of carboxylic acid groups (broad SMARTS) is 1. The highest BCUT2D eigenvalue weighted by atomic mass is 32.2. The number of sulfonamides is 1. The molecule has 0 unspecified atom stereocenters. The SMILES string of the molecule is O=C(O)[C@H]1Cc2cc(O)c(O)cc2CN1S(=O)(=O)c1ccc(-c2ccccc2)cc1. The van der Waals surface area contributed by atoms with E-state index in [1.165, 1.54) is 24.3 Å². The molecule has 7 nitrogen and oxygen atoms in total. The maximum absolute atomic E-state index is 13.3. The average molecular weight is 425 g/mol. The van der Waals surface area contributed by atoms with Crippen LogP contribution in [0.2, 0.25) is 0 Å². The van der Waals surface area contributed by atoms with Gasteiger partial charge in [0.05, 0.1) is 4.90 Å². The Kier molecular flexibility index (Phi) is 4.97. The van der Waals surface area contributed by atoms with Crippen LogP contribution >= 0.6 is 0 Å². The van der Waals surface area contributed by atoms with Gasteiger partial charge in [-0.25, -0.2) is 8.42 Å². The summed E-state index contributed by atoms with van der Waals surface area (Å²) in [5.74, 6) is -2.03. The summed E-state index contributed by atoms with van der Waals surface area (Å²) < 4.78 is 27.4. The van der Waals surface area contributed by atoms with Gasteiger partial charge in [0.15, 0.2) is 11.5 Å². The minimum absolute atomic E-state index is 0.0140. The van der Waals surface area contributed by atoms with Gasteiger partial charge in [0.2, 0.25) is 10.0 Å². The molecule has 8 heteroatoms. The van der Waals surface area contributed by atoms with Gasteiger partial charge in [-0.3, -0.25) is 4.79 Å². The molecule has 0 bridgehead atoms. The molecule has 3 aromatic rings. The van der Waals surface area contributed by atoms with Crippen molar-refractivity contribution < 1.29 is 28.5 Å². The lowest BCUT2D eigenvalue weighted by Crippen LogP contribution is -2.48. The number of aliphatic carboxylic acids is 1. The third kappa shape index (κ3) is 3.51. The molecule has 0 saturated heterocycles. The standard InChI is InChI=1S/C22H19NO6S/c24-20-11-16-10-19(22(26)27)23(13-17(16)12-21(20)25)30(28,29)18-8-6-15(7-9-18)14-4-2-1-3-5-14/h1-9,11-12,19,24-25H,10,13H2,(H,26,27)/t19-/m1/s1. The van der Waals surface area contributed by atoms with E-state index in [4.69, 9.17) is 0 Å². The van der Waals surface area contributed by atoms with Crippen LogP contribution < -0.4 is 0 Å². The van der Waals surface area contributed by atoms with Crippen LogP contribution in [0.15, 0.2) is 71.6 Å². The molecule has 1 aliphatic rings. The molecule has 1 aliphatic heterocycles. The Morgan fingerprint density at radius 3 is 2.03 bits per heavy atom. The highest BCUT2D eigenvalue weighted by Crippen LogP contribution is 2.35. The number of hydrogen-bond acceptors (Lipinski definition) is 5. The molecule has 0 radical (unpaired) electrons.